The molecule has 4 N–H and O–H groups in total. The fourth-order valence-corrected chi connectivity index (χ4v) is 2.37. The SMILES string of the molecule is Cc1ccc(C(=O)NCC(F)(F)F)cc1NC(=O)[C@@H](N)Cc1ccccc1. The van der Waals surface area contributed by atoms with Crippen molar-refractivity contribution in [1.29, 1.82) is 0 Å². The van der Waals surface area contributed by atoms with Gasteiger partial charge in [-0.2, -0.15) is 13.2 Å². The van der Waals surface area contributed by atoms with E-state index in [1.807, 2.05) is 30.3 Å². The van der Waals surface area contributed by atoms with Gasteiger partial charge in [-0.15, -0.1) is 0 Å². The Kier molecular flexibility index (Phi) is 6.57. The second-order valence-corrected chi connectivity index (χ2v) is 6.11. The zero-order valence-electron chi connectivity index (χ0n) is 14.6. The zero-order valence-corrected chi connectivity index (χ0v) is 14.6. The van der Waals surface area contributed by atoms with Crippen LogP contribution < -0.4 is 16.4 Å². The Morgan fingerprint density at radius 2 is 1.78 bits per heavy atom. The van der Waals surface area contributed by atoms with Crippen molar-refractivity contribution in [3.63, 3.8) is 0 Å². The minimum atomic E-state index is -4.50. The number of carbonyl (C=O) groups excluding carboxylic acids is 2. The van der Waals surface area contributed by atoms with E-state index in [4.69, 9.17) is 5.73 Å². The van der Waals surface area contributed by atoms with E-state index < -0.39 is 30.6 Å². The maximum Gasteiger partial charge on any atom is 0.405 e. The summed E-state index contributed by atoms with van der Waals surface area (Å²) in [4.78, 5) is 24.2. The molecule has 0 aliphatic carbocycles. The highest BCUT2D eigenvalue weighted by Crippen LogP contribution is 2.18. The Hall–Kier alpha value is -2.87. The average Bonchev–Trinajstić information content (AvgIpc) is 2.61. The molecule has 0 aliphatic heterocycles. The number of benzene rings is 2. The number of alkyl halides is 3. The number of nitrogens with two attached hydrogens (primary N) is 1. The molecule has 2 aromatic rings. The Balaban J connectivity index is 2.04. The van der Waals surface area contributed by atoms with Gasteiger partial charge in [-0.05, 0) is 36.6 Å². The molecule has 144 valence electrons. The topological polar surface area (TPSA) is 84.2 Å². The highest BCUT2D eigenvalue weighted by atomic mass is 19.4. The monoisotopic (exact) mass is 379 g/mol. The highest BCUT2D eigenvalue weighted by molar-refractivity contribution is 5.99. The first kappa shape index (κ1) is 20.4. The summed E-state index contributed by atoms with van der Waals surface area (Å²) in [5, 5.41) is 4.42. The van der Waals surface area contributed by atoms with Crippen LogP contribution in [-0.4, -0.2) is 30.6 Å². The summed E-state index contributed by atoms with van der Waals surface area (Å²) in [5.74, 6) is -1.33. The molecular weight excluding hydrogens is 359 g/mol. The molecule has 2 amide bonds. The largest absolute Gasteiger partial charge is 0.405 e. The van der Waals surface area contributed by atoms with E-state index in [1.54, 1.807) is 18.3 Å². The number of amides is 2. The third-order valence-corrected chi connectivity index (χ3v) is 3.84. The van der Waals surface area contributed by atoms with Gasteiger partial charge in [0.1, 0.15) is 6.54 Å². The fraction of sp³-hybridized carbons (Fsp3) is 0.263. The molecular formula is C19H20F3N3O2. The number of aryl methyl sites for hydroxylation is 1. The van der Waals surface area contributed by atoms with Gasteiger partial charge in [0.05, 0.1) is 6.04 Å². The van der Waals surface area contributed by atoms with Crippen molar-refractivity contribution in [1.82, 2.24) is 5.32 Å². The molecule has 1 atom stereocenters. The predicted octanol–water partition coefficient (Wildman–Crippen LogP) is 2.80. The quantitative estimate of drug-likeness (QED) is 0.722. The number of halogens is 3. The third kappa shape index (κ3) is 6.41. The lowest BCUT2D eigenvalue weighted by atomic mass is 10.1. The minimum Gasteiger partial charge on any atom is -0.343 e. The molecule has 2 aromatic carbocycles. The van der Waals surface area contributed by atoms with Gasteiger partial charge in [0.25, 0.3) is 5.91 Å². The maximum atomic E-state index is 12.3. The molecule has 0 radical (unpaired) electrons. The van der Waals surface area contributed by atoms with Gasteiger partial charge in [0.2, 0.25) is 5.91 Å². The maximum absolute atomic E-state index is 12.3. The number of anilines is 1. The van der Waals surface area contributed by atoms with Gasteiger partial charge >= 0.3 is 6.18 Å². The van der Waals surface area contributed by atoms with Gasteiger partial charge in [-0.1, -0.05) is 36.4 Å². The Labute approximate surface area is 154 Å². The zero-order chi connectivity index (χ0) is 20.0. The molecule has 0 aromatic heterocycles. The number of hydrogen-bond acceptors (Lipinski definition) is 3. The van der Waals surface area contributed by atoms with E-state index in [9.17, 15) is 22.8 Å². The summed E-state index contributed by atoms with van der Waals surface area (Å²) in [7, 11) is 0. The molecule has 0 heterocycles. The highest BCUT2D eigenvalue weighted by Gasteiger charge is 2.28. The first-order valence-corrected chi connectivity index (χ1v) is 8.21. The fourth-order valence-electron chi connectivity index (χ4n) is 2.37. The van der Waals surface area contributed by atoms with Crippen LogP contribution in [0.4, 0.5) is 18.9 Å². The summed E-state index contributed by atoms with van der Waals surface area (Å²) >= 11 is 0. The van der Waals surface area contributed by atoms with E-state index in [0.717, 1.165) is 5.56 Å². The van der Waals surface area contributed by atoms with Crippen molar-refractivity contribution in [2.45, 2.75) is 25.6 Å². The van der Waals surface area contributed by atoms with Crippen LogP contribution in [0.15, 0.2) is 48.5 Å². The van der Waals surface area contributed by atoms with Crippen molar-refractivity contribution >= 4 is 17.5 Å². The standard InChI is InChI=1S/C19H20F3N3O2/c1-12-7-8-14(17(26)24-11-19(20,21)22)10-16(12)25-18(27)15(23)9-13-5-3-2-4-6-13/h2-8,10,15H,9,11,23H2,1H3,(H,24,26)(H,25,27)/t15-/m0/s1. The summed E-state index contributed by atoms with van der Waals surface area (Å²) in [6.45, 7) is 0.277. The van der Waals surface area contributed by atoms with Gasteiger partial charge in [-0.3, -0.25) is 9.59 Å². The smallest absolute Gasteiger partial charge is 0.343 e. The van der Waals surface area contributed by atoms with Crippen molar-refractivity contribution in [2.75, 3.05) is 11.9 Å². The second kappa shape index (κ2) is 8.68. The molecule has 27 heavy (non-hydrogen) atoms. The molecule has 0 aliphatic rings. The van der Waals surface area contributed by atoms with Gasteiger partial charge in [-0.25, -0.2) is 0 Å². The van der Waals surface area contributed by atoms with E-state index in [1.165, 1.54) is 12.1 Å². The van der Waals surface area contributed by atoms with Crippen molar-refractivity contribution < 1.29 is 22.8 Å². The molecule has 5 nitrogen and oxygen atoms in total. The van der Waals surface area contributed by atoms with Gasteiger partial charge in [0.15, 0.2) is 0 Å². The lowest BCUT2D eigenvalue weighted by Crippen LogP contribution is -2.37. The van der Waals surface area contributed by atoms with Gasteiger partial charge < -0.3 is 16.4 Å². The van der Waals surface area contributed by atoms with Gasteiger partial charge in [0, 0.05) is 11.3 Å². The molecule has 0 spiro atoms. The van der Waals surface area contributed by atoms with E-state index in [2.05, 4.69) is 5.32 Å². The average molecular weight is 379 g/mol. The lowest BCUT2D eigenvalue weighted by Gasteiger charge is -2.15. The van der Waals surface area contributed by atoms with Crippen LogP contribution in [0, 0.1) is 6.92 Å². The molecule has 0 bridgehead atoms. The second-order valence-electron chi connectivity index (χ2n) is 6.11. The first-order chi connectivity index (χ1) is 12.7. The number of rotatable bonds is 6. The normalized spacial score (nSPS) is 12.3. The molecule has 0 unspecified atom stereocenters. The van der Waals surface area contributed by atoms with E-state index >= 15 is 0 Å². The van der Waals surface area contributed by atoms with E-state index in [-0.39, 0.29) is 5.56 Å². The Morgan fingerprint density at radius 3 is 2.41 bits per heavy atom. The van der Waals surface area contributed by atoms with Crippen LogP contribution >= 0.6 is 0 Å². The van der Waals surface area contributed by atoms with E-state index in [0.29, 0.717) is 17.7 Å². The van der Waals surface area contributed by atoms with Crippen LogP contribution in [-0.2, 0) is 11.2 Å². The van der Waals surface area contributed by atoms with Crippen LogP contribution in [0.2, 0.25) is 0 Å². The van der Waals surface area contributed by atoms with Crippen molar-refractivity contribution in [3.05, 3.63) is 65.2 Å². The molecule has 8 heteroatoms. The summed E-state index contributed by atoms with van der Waals surface area (Å²) in [6, 6.07) is 12.7. The number of nitrogens with one attached hydrogen (secondary N) is 2. The Morgan fingerprint density at radius 1 is 1.11 bits per heavy atom. The van der Waals surface area contributed by atoms with Crippen LogP contribution in [0.25, 0.3) is 0 Å². The van der Waals surface area contributed by atoms with Crippen LogP contribution in [0.3, 0.4) is 0 Å². The van der Waals surface area contributed by atoms with Crippen LogP contribution in [0.5, 0.6) is 0 Å². The lowest BCUT2D eigenvalue weighted by molar-refractivity contribution is -0.123. The van der Waals surface area contributed by atoms with Crippen molar-refractivity contribution in [3.8, 4) is 0 Å². The molecule has 0 saturated heterocycles. The number of hydrogen-bond donors (Lipinski definition) is 3. The molecule has 2 rings (SSSR count). The first-order valence-electron chi connectivity index (χ1n) is 8.21. The summed E-state index contributed by atoms with van der Waals surface area (Å²) < 4.78 is 36.7. The summed E-state index contributed by atoms with van der Waals surface area (Å²) in [5.41, 5.74) is 7.81. The molecule has 0 fully saturated rings. The summed E-state index contributed by atoms with van der Waals surface area (Å²) in [6.07, 6.45) is -4.17. The minimum absolute atomic E-state index is 0.0109. The van der Waals surface area contributed by atoms with Crippen molar-refractivity contribution in [2.24, 2.45) is 5.73 Å². The number of carbonyl (C=O) groups is 2. The third-order valence-electron chi connectivity index (χ3n) is 3.84. The predicted molar refractivity (Wildman–Crippen MR) is 96.3 cm³/mol. The Bertz CT molecular complexity index is 808. The molecule has 0 saturated carbocycles. The van der Waals surface area contributed by atoms with Crippen LogP contribution in [0.1, 0.15) is 21.5 Å².